The fourth-order valence-corrected chi connectivity index (χ4v) is 4.00. The Labute approximate surface area is 145 Å². The number of carbonyl (C=O) groups is 2. The van der Waals surface area contributed by atoms with E-state index in [1.807, 2.05) is 0 Å². The fraction of sp³-hybridized carbons (Fsp3) is 0.647. The van der Waals surface area contributed by atoms with Crippen molar-refractivity contribution >= 4 is 11.8 Å². The van der Waals surface area contributed by atoms with Gasteiger partial charge in [-0.25, -0.2) is 4.98 Å². The molecule has 1 aromatic heterocycles. The van der Waals surface area contributed by atoms with E-state index in [-0.39, 0.29) is 35.0 Å². The number of ether oxygens (including phenoxy) is 1. The summed E-state index contributed by atoms with van der Waals surface area (Å²) in [6.45, 7) is 4.17. The van der Waals surface area contributed by atoms with E-state index in [1.54, 1.807) is 11.8 Å². The largest absolute Gasteiger partial charge is 0.381 e. The van der Waals surface area contributed by atoms with E-state index >= 15 is 0 Å². The molecule has 1 aromatic rings. The summed E-state index contributed by atoms with van der Waals surface area (Å²) in [7, 11) is 0. The van der Waals surface area contributed by atoms with Crippen molar-refractivity contribution < 1.29 is 14.3 Å². The molecule has 1 unspecified atom stereocenters. The number of piperidine rings is 1. The van der Waals surface area contributed by atoms with E-state index in [2.05, 4.69) is 15.3 Å². The second-order valence-corrected chi connectivity index (χ2v) is 7.17. The molecule has 2 saturated heterocycles. The number of hydrogen-bond acceptors (Lipinski definition) is 5. The highest BCUT2D eigenvalue weighted by Gasteiger charge is 2.57. The number of nitrogens with one attached hydrogen (secondary N) is 2. The minimum atomic E-state index is -0.318. The zero-order chi connectivity index (χ0) is 17.6. The van der Waals surface area contributed by atoms with Gasteiger partial charge in [-0.15, -0.1) is 0 Å². The number of aromatic nitrogens is 2. The van der Waals surface area contributed by atoms with Gasteiger partial charge in [0.05, 0.1) is 0 Å². The molecule has 0 bridgehead atoms. The van der Waals surface area contributed by atoms with Gasteiger partial charge in [0, 0.05) is 56.2 Å². The van der Waals surface area contributed by atoms with E-state index in [9.17, 15) is 14.4 Å². The predicted octanol–water partition coefficient (Wildman–Crippen LogP) is -0.308. The summed E-state index contributed by atoms with van der Waals surface area (Å²) >= 11 is 0. The van der Waals surface area contributed by atoms with Crippen molar-refractivity contribution in [2.75, 3.05) is 26.3 Å². The molecule has 4 rings (SSSR count). The first-order valence-electron chi connectivity index (χ1n) is 8.78. The lowest BCUT2D eigenvalue weighted by atomic mass is 9.99. The molecule has 1 aliphatic carbocycles. The molecule has 1 saturated carbocycles. The van der Waals surface area contributed by atoms with Gasteiger partial charge in [-0.05, 0) is 19.8 Å². The Bertz CT molecular complexity index is 743. The van der Waals surface area contributed by atoms with Gasteiger partial charge in [0.25, 0.3) is 11.5 Å². The first-order valence-corrected chi connectivity index (χ1v) is 8.78. The van der Waals surface area contributed by atoms with Crippen molar-refractivity contribution in [2.24, 2.45) is 17.8 Å². The molecular weight excluding hydrogens is 324 g/mol. The summed E-state index contributed by atoms with van der Waals surface area (Å²) in [6.07, 6.45) is 1.57. The first kappa shape index (κ1) is 16.3. The summed E-state index contributed by atoms with van der Waals surface area (Å²) in [5.41, 5.74) is -0.132. The summed E-state index contributed by atoms with van der Waals surface area (Å²) in [4.78, 5) is 44.7. The molecule has 3 fully saturated rings. The van der Waals surface area contributed by atoms with Crippen LogP contribution in [0.5, 0.6) is 0 Å². The molecule has 8 heteroatoms. The van der Waals surface area contributed by atoms with E-state index in [4.69, 9.17) is 4.74 Å². The van der Waals surface area contributed by atoms with Crippen LogP contribution in [0.15, 0.2) is 10.9 Å². The maximum Gasteiger partial charge on any atom is 0.272 e. The average Bonchev–Trinajstić information content (AvgIpc) is 3.04. The normalized spacial score (nSPS) is 28.5. The number of aryl methyl sites for hydroxylation is 1. The highest BCUT2D eigenvalue weighted by Crippen LogP contribution is 2.46. The first-order chi connectivity index (χ1) is 12.0. The van der Waals surface area contributed by atoms with Crippen molar-refractivity contribution in [3.8, 4) is 0 Å². The van der Waals surface area contributed by atoms with Crippen molar-refractivity contribution in [1.82, 2.24) is 20.2 Å². The lowest BCUT2D eigenvalue weighted by Gasteiger charge is -2.23. The number of fused-ring (bicyclic) bond motifs is 1. The molecule has 3 heterocycles. The monoisotopic (exact) mass is 346 g/mol. The van der Waals surface area contributed by atoms with Gasteiger partial charge in [-0.2, -0.15) is 0 Å². The maximum absolute atomic E-state index is 12.5. The number of amides is 2. The lowest BCUT2D eigenvalue weighted by Crippen LogP contribution is -2.41. The Morgan fingerprint density at radius 3 is 2.60 bits per heavy atom. The minimum absolute atomic E-state index is 0.0519. The Morgan fingerprint density at radius 1 is 1.28 bits per heavy atom. The molecule has 0 aromatic carbocycles. The number of hydrogen-bond donors (Lipinski definition) is 2. The molecule has 8 nitrogen and oxygen atoms in total. The van der Waals surface area contributed by atoms with Crippen LogP contribution in [-0.2, 0) is 9.53 Å². The smallest absolute Gasteiger partial charge is 0.272 e. The highest BCUT2D eigenvalue weighted by molar-refractivity contribution is 5.92. The minimum Gasteiger partial charge on any atom is -0.381 e. The van der Waals surface area contributed by atoms with Crippen LogP contribution in [0.25, 0.3) is 0 Å². The number of likely N-dealkylation sites (tertiary alicyclic amines) is 1. The number of aromatic amines is 1. The van der Waals surface area contributed by atoms with Crippen LogP contribution in [0.3, 0.4) is 0 Å². The molecule has 2 N–H and O–H groups in total. The molecule has 25 heavy (non-hydrogen) atoms. The van der Waals surface area contributed by atoms with Crippen molar-refractivity contribution in [3.05, 3.63) is 27.9 Å². The van der Waals surface area contributed by atoms with Gasteiger partial charge in [0.2, 0.25) is 5.91 Å². The van der Waals surface area contributed by atoms with Crippen LogP contribution in [0.4, 0.5) is 0 Å². The molecule has 134 valence electrons. The summed E-state index contributed by atoms with van der Waals surface area (Å²) in [5, 5.41) is 3.14. The molecular formula is C17H22N4O4. The molecule has 0 radical (unpaired) electrons. The Morgan fingerprint density at radius 2 is 1.96 bits per heavy atom. The standard InChI is InChI=1S/C17H22N4O4/c1-9-18-13(6-14(22)19-9)17(24)21-7-11-12(8-21)15(11)20-16(23)10-2-4-25-5-3-10/h6,10-12,15H,2-5,7-8H2,1H3,(H,20,23)(H,18,19,22)/t11-,12+,15?. The van der Waals surface area contributed by atoms with E-state index in [1.165, 1.54) is 6.07 Å². The highest BCUT2D eigenvalue weighted by atomic mass is 16.5. The van der Waals surface area contributed by atoms with Crippen LogP contribution >= 0.6 is 0 Å². The van der Waals surface area contributed by atoms with Crippen LogP contribution in [0, 0.1) is 24.7 Å². The summed E-state index contributed by atoms with van der Waals surface area (Å²) in [5.74, 6) is 1.02. The molecule has 2 amide bonds. The molecule has 3 aliphatic rings. The van der Waals surface area contributed by atoms with Crippen molar-refractivity contribution in [2.45, 2.75) is 25.8 Å². The van der Waals surface area contributed by atoms with Gasteiger partial charge in [-0.1, -0.05) is 0 Å². The van der Waals surface area contributed by atoms with Crippen LogP contribution in [-0.4, -0.2) is 59.0 Å². The zero-order valence-electron chi connectivity index (χ0n) is 14.2. The van der Waals surface area contributed by atoms with Crippen LogP contribution in [0.1, 0.15) is 29.2 Å². The van der Waals surface area contributed by atoms with Gasteiger partial charge >= 0.3 is 0 Å². The third kappa shape index (κ3) is 3.18. The molecule has 0 spiro atoms. The average molecular weight is 346 g/mol. The maximum atomic E-state index is 12.5. The summed E-state index contributed by atoms with van der Waals surface area (Å²) < 4.78 is 5.29. The van der Waals surface area contributed by atoms with E-state index < -0.39 is 0 Å². The van der Waals surface area contributed by atoms with Gasteiger partial charge in [-0.3, -0.25) is 14.4 Å². The number of H-pyrrole nitrogens is 1. The van der Waals surface area contributed by atoms with Crippen LogP contribution in [0.2, 0.25) is 0 Å². The van der Waals surface area contributed by atoms with Crippen molar-refractivity contribution in [3.63, 3.8) is 0 Å². The molecule has 2 aliphatic heterocycles. The quantitative estimate of drug-likeness (QED) is 0.781. The number of nitrogens with zero attached hydrogens (tertiary/aromatic N) is 2. The van der Waals surface area contributed by atoms with E-state index in [0.29, 0.717) is 44.0 Å². The Hall–Kier alpha value is -2.22. The van der Waals surface area contributed by atoms with Gasteiger partial charge < -0.3 is 19.9 Å². The third-order valence-corrected chi connectivity index (χ3v) is 5.46. The SMILES string of the molecule is Cc1nc(C(=O)N2C[C@@H]3C(NC(=O)C4CCOCC4)[C@@H]3C2)cc(=O)[nH]1. The second kappa shape index (κ2) is 6.25. The zero-order valence-corrected chi connectivity index (χ0v) is 14.2. The Kier molecular flexibility index (Phi) is 4.07. The summed E-state index contributed by atoms with van der Waals surface area (Å²) in [6, 6.07) is 1.41. The van der Waals surface area contributed by atoms with E-state index in [0.717, 1.165) is 12.8 Å². The fourth-order valence-electron chi connectivity index (χ4n) is 4.00. The Balaban J connectivity index is 1.32. The third-order valence-electron chi connectivity index (χ3n) is 5.46. The van der Waals surface area contributed by atoms with Crippen molar-refractivity contribution in [1.29, 1.82) is 0 Å². The van der Waals surface area contributed by atoms with Gasteiger partial charge in [0.1, 0.15) is 11.5 Å². The van der Waals surface area contributed by atoms with Crippen LogP contribution < -0.4 is 10.9 Å². The second-order valence-electron chi connectivity index (χ2n) is 7.17. The van der Waals surface area contributed by atoms with Gasteiger partial charge in [0.15, 0.2) is 0 Å². The lowest BCUT2D eigenvalue weighted by molar-refractivity contribution is -0.128. The topological polar surface area (TPSA) is 104 Å². The molecule has 3 atom stereocenters. The predicted molar refractivity (Wildman–Crippen MR) is 88.0 cm³/mol. The number of carbonyl (C=O) groups excluding carboxylic acids is 2. The number of rotatable bonds is 3.